The van der Waals surface area contributed by atoms with Crippen molar-refractivity contribution in [3.63, 3.8) is 0 Å². The molecule has 0 fully saturated rings. The van der Waals surface area contributed by atoms with Crippen molar-refractivity contribution >= 4 is 17.2 Å². The summed E-state index contributed by atoms with van der Waals surface area (Å²) >= 11 is 1.41. The minimum Gasteiger partial charge on any atom is -0.459 e. The Kier molecular flexibility index (Phi) is 5.63. The summed E-state index contributed by atoms with van der Waals surface area (Å²) in [6, 6.07) is 13.9. The van der Waals surface area contributed by atoms with Crippen LogP contribution in [0.25, 0.3) is 10.8 Å². The summed E-state index contributed by atoms with van der Waals surface area (Å²) in [6.45, 7) is 3.44. The van der Waals surface area contributed by atoms with Crippen molar-refractivity contribution in [2.75, 3.05) is 19.6 Å². The predicted molar refractivity (Wildman–Crippen MR) is 99.7 cm³/mol. The smallest absolute Gasteiger partial charge is 0.273 e. The van der Waals surface area contributed by atoms with Gasteiger partial charge in [-0.2, -0.15) is 0 Å². The molecule has 0 unspecified atom stereocenters. The quantitative estimate of drug-likeness (QED) is 0.705. The molecule has 0 saturated heterocycles. The molecule has 2 aromatic heterocycles. The molecule has 2 N–H and O–H groups in total. The van der Waals surface area contributed by atoms with Crippen molar-refractivity contribution in [1.29, 1.82) is 0 Å². The van der Waals surface area contributed by atoms with Crippen LogP contribution in [0.3, 0.4) is 0 Å². The van der Waals surface area contributed by atoms with E-state index in [0.717, 1.165) is 12.2 Å². The van der Waals surface area contributed by atoms with Crippen LogP contribution in [-0.4, -0.2) is 35.4 Å². The Hall–Kier alpha value is -2.44. The molecule has 1 amide bonds. The van der Waals surface area contributed by atoms with E-state index in [1.54, 1.807) is 10.3 Å². The standard InChI is InChI=1S/C19H21N3O2S/c1-14-7-8-17(24-14)18-21-16(13-25-18)19(23)22(12-10-20)11-9-15-5-3-2-4-6-15/h2-8,13H,9-12,20H2,1H3. The van der Waals surface area contributed by atoms with Gasteiger partial charge >= 0.3 is 0 Å². The van der Waals surface area contributed by atoms with Crippen LogP contribution in [0.15, 0.2) is 52.3 Å². The summed E-state index contributed by atoms with van der Waals surface area (Å²) in [6.07, 6.45) is 0.793. The summed E-state index contributed by atoms with van der Waals surface area (Å²) in [5, 5.41) is 2.49. The van der Waals surface area contributed by atoms with E-state index in [9.17, 15) is 4.79 Å². The number of hydrogen-bond acceptors (Lipinski definition) is 5. The van der Waals surface area contributed by atoms with Gasteiger partial charge in [0.25, 0.3) is 5.91 Å². The van der Waals surface area contributed by atoms with Gasteiger partial charge in [0.1, 0.15) is 11.5 Å². The average Bonchev–Trinajstić information content (AvgIpc) is 3.28. The van der Waals surface area contributed by atoms with Crippen molar-refractivity contribution in [2.45, 2.75) is 13.3 Å². The molecule has 3 aromatic rings. The number of aryl methyl sites for hydroxylation is 1. The first-order chi connectivity index (χ1) is 12.2. The first-order valence-corrected chi connectivity index (χ1v) is 9.11. The Balaban J connectivity index is 1.71. The van der Waals surface area contributed by atoms with Crippen LogP contribution >= 0.6 is 11.3 Å². The monoisotopic (exact) mass is 355 g/mol. The summed E-state index contributed by atoms with van der Waals surface area (Å²) < 4.78 is 5.58. The number of furan rings is 1. The number of benzene rings is 1. The van der Waals surface area contributed by atoms with Gasteiger partial charge < -0.3 is 15.1 Å². The summed E-state index contributed by atoms with van der Waals surface area (Å²) in [5.41, 5.74) is 7.32. The van der Waals surface area contributed by atoms with Crippen molar-refractivity contribution in [3.8, 4) is 10.8 Å². The lowest BCUT2D eigenvalue weighted by atomic mass is 10.1. The van der Waals surface area contributed by atoms with E-state index in [1.165, 1.54) is 16.9 Å². The minimum absolute atomic E-state index is 0.0906. The van der Waals surface area contributed by atoms with Gasteiger partial charge in [-0.15, -0.1) is 11.3 Å². The fourth-order valence-electron chi connectivity index (χ4n) is 2.58. The van der Waals surface area contributed by atoms with Gasteiger partial charge in [0.05, 0.1) is 0 Å². The van der Waals surface area contributed by atoms with E-state index in [1.807, 2.05) is 37.3 Å². The van der Waals surface area contributed by atoms with Crippen LogP contribution in [0.1, 0.15) is 21.8 Å². The van der Waals surface area contributed by atoms with Gasteiger partial charge in [-0.25, -0.2) is 4.98 Å². The Bertz CT molecular complexity index is 826. The number of thiazole rings is 1. The highest BCUT2D eigenvalue weighted by atomic mass is 32.1. The van der Waals surface area contributed by atoms with Crippen LogP contribution < -0.4 is 5.73 Å². The zero-order chi connectivity index (χ0) is 17.6. The number of carbonyl (C=O) groups excluding carboxylic acids is 1. The third kappa shape index (κ3) is 4.35. The van der Waals surface area contributed by atoms with E-state index in [4.69, 9.17) is 10.2 Å². The molecule has 0 spiro atoms. The molecule has 2 heterocycles. The van der Waals surface area contributed by atoms with Crippen molar-refractivity contribution < 1.29 is 9.21 Å². The van der Waals surface area contributed by atoms with E-state index in [-0.39, 0.29) is 5.91 Å². The second kappa shape index (κ2) is 8.09. The first-order valence-electron chi connectivity index (χ1n) is 8.23. The minimum atomic E-state index is -0.0906. The molecule has 0 aliphatic heterocycles. The fourth-order valence-corrected chi connectivity index (χ4v) is 3.33. The largest absolute Gasteiger partial charge is 0.459 e. The van der Waals surface area contributed by atoms with E-state index >= 15 is 0 Å². The van der Waals surface area contributed by atoms with E-state index in [2.05, 4.69) is 17.1 Å². The summed E-state index contributed by atoms with van der Waals surface area (Å²) in [4.78, 5) is 19.0. The molecule has 5 nitrogen and oxygen atoms in total. The molecule has 25 heavy (non-hydrogen) atoms. The zero-order valence-electron chi connectivity index (χ0n) is 14.1. The number of hydrogen-bond donors (Lipinski definition) is 1. The molecule has 0 aliphatic rings. The van der Waals surface area contributed by atoms with Crippen molar-refractivity contribution in [3.05, 3.63) is 64.9 Å². The third-order valence-corrected chi connectivity index (χ3v) is 4.73. The maximum absolute atomic E-state index is 12.8. The molecule has 6 heteroatoms. The second-order valence-electron chi connectivity index (χ2n) is 5.76. The highest BCUT2D eigenvalue weighted by Gasteiger charge is 2.19. The van der Waals surface area contributed by atoms with E-state index < -0.39 is 0 Å². The predicted octanol–water partition coefficient (Wildman–Crippen LogP) is 3.36. The normalized spacial score (nSPS) is 10.8. The lowest BCUT2D eigenvalue weighted by Gasteiger charge is -2.21. The molecule has 0 aliphatic carbocycles. The topological polar surface area (TPSA) is 72.4 Å². The number of amides is 1. The highest BCUT2D eigenvalue weighted by Crippen LogP contribution is 2.26. The Labute approximate surface area is 151 Å². The molecular weight excluding hydrogens is 334 g/mol. The number of rotatable bonds is 7. The highest BCUT2D eigenvalue weighted by molar-refractivity contribution is 7.13. The van der Waals surface area contributed by atoms with Crippen molar-refractivity contribution in [2.24, 2.45) is 5.73 Å². The lowest BCUT2D eigenvalue weighted by molar-refractivity contribution is 0.0757. The molecule has 0 radical (unpaired) electrons. The van der Waals surface area contributed by atoms with Gasteiger partial charge in [-0.1, -0.05) is 30.3 Å². The SMILES string of the molecule is Cc1ccc(-c2nc(C(=O)N(CCN)CCc3ccccc3)cs2)o1. The van der Waals surface area contributed by atoms with Crippen LogP contribution in [0.5, 0.6) is 0 Å². The average molecular weight is 355 g/mol. The molecule has 0 atom stereocenters. The summed E-state index contributed by atoms with van der Waals surface area (Å²) in [5.74, 6) is 1.43. The van der Waals surface area contributed by atoms with Gasteiger partial charge in [-0.05, 0) is 31.0 Å². The Morgan fingerprint density at radius 2 is 2.00 bits per heavy atom. The summed E-state index contributed by atoms with van der Waals surface area (Å²) in [7, 11) is 0. The number of carbonyl (C=O) groups is 1. The molecule has 1 aromatic carbocycles. The van der Waals surface area contributed by atoms with Gasteiger partial charge in [0.15, 0.2) is 10.8 Å². The van der Waals surface area contributed by atoms with Crippen molar-refractivity contribution in [1.82, 2.24) is 9.88 Å². The van der Waals surface area contributed by atoms with Crippen LogP contribution in [0.4, 0.5) is 0 Å². The number of aromatic nitrogens is 1. The van der Waals surface area contributed by atoms with Crippen LogP contribution in [0, 0.1) is 6.92 Å². The molecule has 3 rings (SSSR count). The maximum atomic E-state index is 12.8. The molecule has 130 valence electrons. The van der Waals surface area contributed by atoms with Gasteiger partial charge in [0, 0.05) is 25.0 Å². The molecule has 0 saturated carbocycles. The van der Waals surface area contributed by atoms with Crippen LogP contribution in [-0.2, 0) is 6.42 Å². The van der Waals surface area contributed by atoms with E-state index in [0.29, 0.717) is 36.1 Å². The van der Waals surface area contributed by atoms with Crippen LogP contribution in [0.2, 0.25) is 0 Å². The first kappa shape index (κ1) is 17.4. The maximum Gasteiger partial charge on any atom is 0.273 e. The third-order valence-electron chi connectivity index (χ3n) is 3.87. The molecular formula is C19H21N3O2S. The second-order valence-corrected chi connectivity index (χ2v) is 6.62. The lowest BCUT2D eigenvalue weighted by Crippen LogP contribution is -2.37. The number of nitrogens with zero attached hydrogens (tertiary/aromatic N) is 2. The molecule has 0 bridgehead atoms. The fraction of sp³-hybridized carbons (Fsp3) is 0.263. The van der Waals surface area contributed by atoms with Gasteiger partial charge in [0.2, 0.25) is 0 Å². The Morgan fingerprint density at radius 1 is 1.20 bits per heavy atom. The zero-order valence-corrected chi connectivity index (χ0v) is 15.0. The number of nitrogens with two attached hydrogens (primary N) is 1. The van der Waals surface area contributed by atoms with Gasteiger partial charge in [-0.3, -0.25) is 4.79 Å². The Morgan fingerprint density at radius 3 is 2.68 bits per heavy atom.